The van der Waals surface area contributed by atoms with Gasteiger partial charge in [-0.3, -0.25) is 9.59 Å². The number of hydrogen-bond donors (Lipinski definition) is 1. The highest BCUT2D eigenvalue weighted by molar-refractivity contribution is 7.91. The van der Waals surface area contributed by atoms with Gasteiger partial charge in [0.1, 0.15) is 0 Å². The van der Waals surface area contributed by atoms with Gasteiger partial charge >= 0.3 is 0 Å². The first-order valence-electron chi connectivity index (χ1n) is 8.86. The van der Waals surface area contributed by atoms with Crippen molar-refractivity contribution < 1.29 is 18.0 Å². The van der Waals surface area contributed by atoms with Crippen LogP contribution in [-0.4, -0.2) is 44.0 Å². The molecule has 0 unspecified atom stereocenters. The van der Waals surface area contributed by atoms with Crippen LogP contribution < -0.4 is 5.32 Å². The lowest BCUT2D eigenvalue weighted by atomic mass is 10.0. The van der Waals surface area contributed by atoms with Gasteiger partial charge in [0.15, 0.2) is 9.84 Å². The minimum absolute atomic E-state index is 0.0254. The van der Waals surface area contributed by atoms with E-state index in [1.54, 1.807) is 29.2 Å². The molecular formula is C18H24N2O4S. The van der Waals surface area contributed by atoms with Crippen LogP contribution in [0.2, 0.25) is 0 Å². The number of amides is 2. The minimum Gasteiger partial charge on any atom is -0.348 e. The van der Waals surface area contributed by atoms with Crippen LogP contribution in [0.4, 0.5) is 0 Å². The molecular weight excluding hydrogens is 340 g/mol. The van der Waals surface area contributed by atoms with Crippen molar-refractivity contribution in [1.82, 2.24) is 10.2 Å². The van der Waals surface area contributed by atoms with Crippen molar-refractivity contribution in [2.45, 2.75) is 49.5 Å². The molecule has 1 aromatic rings. The monoisotopic (exact) mass is 364 g/mol. The fraction of sp³-hybridized carbons (Fsp3) is 0.556. The van der Waals surface area contributed by atoms with Crippen LogP contribution in [0.15, 0.2) is 29.2 Å². The molecule has 6 nitrogen and oxygen atoms in total. The van der Waals surface area contributed by atoms with Crippen LogP contribution in [0.25, 0.3) is 0 Å². The van der Waals surface area contributed by atoms with Gasteiger partial charge in [0, 0.05) is 13.0 Å². The third-order valence-corrected chi connectivity index (χ3v) is 6.71. The van der Waals surface area contributed by atoms with E-state index in [4.69, 9.17) is 0 Å². The quantitative estimate of drug-likeness (QED) is 0.887. The number of hydrogen-bond acceptors (Lipinski definition) is 4. The Kier molecular flexibility index (Phi) is 5.42. The van der Waals surface area contributed by atoms with E-state index in [9.17, 15) is 18.0 Å². The summed E-state index contributed by atoms with van der Waals surface area (Å²) in [5.41, 5.74) is 0.640. The molecule has 1 aromatic carbocycles. The Morgan fingerprint density at radius 1 is 1.16 bits per heavy atom. The molecule has 2 aliphatic heterocycles. The second-order valence-electron chi connectivity index (χ2n) is 6.74. The number of nitrogens with one attached hydrogen (secondary N) is 1. The van der Waals surface area contributed by atoms with Gasteiger partial charge in [0.05, 0.1) is 23.2 Å². The van der Waals surface area contributed by atoms with Crippen molar-refractivity contribution in [2.24, 2.45) is 0 Å². The van der Waals surface area contributed by atoms with E-state index in [1.165, 1.54) is 0 Å². The predicted octanol–water partition coefficient (Wildman–Crippen LogP) is 1.81. The number of carbonyl (C=O) groups excluding carboxylic acids is 2. The molecule has 0 aliphatic carbocycles. The molecule has 0 saturated carbocycles. The number of sulfone groups is 1. The third-order valence-electron chi connectivity index (χ3n) is 4.90. The topological polar surface area (TPSA) is 83.6 Å². The zero-order valence-corrected chi connectivity index (χ0v) is 15.1. The number of rotatable bonds is 3. The zero-order valence-electron chi connectivity index (χ0n) is 14.2. The van der Waals surface area contributed by atoms with Crippen LogP contribution in [0, 0.1) is 0 Å². The van der Waals surface area contributed by atoms with Gasteiger partial charge in [0.2, 0.25) is 11.8 Å². The van der Waals surface area contributed by atoms with Gasteiger partial charge in [-0.15, -0.1) is 0 Å². The molecule has 2 amide bonds. The largest absolute Gasteiger partial charge is 0.348 e. The number of fused-ring (bicyclic) bond motifs is 1. The van der Waals surface area contributed by atoms with Crippen LogP contribution in [0.3, 0.4) is 0 Å². The Bertz CT molecular complexity index is 760. The normalized spacial score (nSPS) is 23.3. The van der Waals surface area contributed by atoms with E-state index < -0.39 is 9.84 Å². The first-order chi connectivity index (χ1) is 12.0. The SMILES string of the molecule is O=C(CN1CCCCCCC1=O)N[C@H]1CCS(=O)(=O)c2ccccc21. The summed E-state index contributed by atoms with van der Waals surface area (Å²) in [7, 11) is -3.27. The van der Waals surface area contributed by atoms with Crippen LogP contribution in [-0.2, 0) is 19.4 Å². The molecule has 0 bridgehead atoms. The lowest BCUT2D eigenvalue weighted by Crippen LogP contribution is -2.43. The number of carbonyl (C=O) groups is 2. The average molecular weight is 364 g/mol. The highest BCUT2D eigenvalue weighted by Crippen LogP contribution is 2.31. The van der Waals surface area contributed by atoms with Gasteiger partial charge in [-0.2, -0.15) is 0 Å². The van der Waals surface area contributed by atoms with Crippen molar-refractivity contribution in [2.75, 3.05) is 18.8 Å². The predicted molar refractivity (Wildman–Crippen MR) is 93.7 cm³/mol. The maximum Gasteiger partial charge on any atom is 0.240 e. The smallest absolute Gasteiger partial charge is 0.240 e. The van der Waals surface area contributed by atoms with Gasteiger partial charge in [0.25, 0.3) is 0 Å². The standard InChI is InChI=1S/C18H24N2O4S/c21-17(13-20-11-6-2-1-3-9-18(20)22)19-15-10-12-25(23,24)16-8-5-4-7-14(15)16/h4-5,7-8,15H,1-3,6,9-13H2,(H,19,21)/t15-/m0/s1. The summed E-state index contributed by atoms with van der Waals surface area (Å²) in [6.07, 6.45) is 4.81. The zero-order chi connectivity index (χ0) is 17.9. The van der Waals surface area contributed by atoms with E-state index in [2.05, 4.69) is 5.32 Å². The number of nitrogens with zero attached hydrogens (tertiary/aromatic N) is 1. The molecule has 2 heterocycles. The Balaban J connectivity index is 1.68. The lowest BCUT2D eigenvalue weighted by molar-refractivity contribution is -0.136. The molecule has 25 heavy (non-hydrogen) atoms. The van der Waals surface area contributed by atoms with E-state index >= 15 is 0 Å². The van der Waals surface area contributed by atoms with Crippen molar-refractivity contribution in [3.05, 3.63) is 29.8 Å². The second-order valence-corrected chi connectivity index (χ2v) is 8.82. The van der Waals surface area contributed by atoms with Crippen LogP contribution >= 0.6 is 0 Å². The summed E-state index contributed by atoms with van der Waals surface area (Å²) < 4.78 is 24.3. The average Bonchev–Trinajstić information content (AvgIpc) is 2.58. The van der Waals surface area contributed by atoms with Gasteiger partial charge in [-0.1, -0.05) is 31.0 Å². The highest BCUT2D eigenvalue weighted by atomic mass is 32.2. The maximum atomic E-state index is 12.4. The maximum absolute atomic E-state index is 12.4. The Labute approximate surface area is 148 Å². The molecule has 1 saturated heterocycles. The fourth-order valence-corrected chi connectivity index (χ4v) is 5.16. The second kappa shape index (κ2) is 7.56. The lowest BCUT2D eigenvalue weighted by Gasteiger charge is -2.28. The molecule has 1 fully saturated rings. The Hall–Kier alpha value is -1.89. The summed E-state index contributed by atoms with van der Waals surface area (Å²) in [6, 6.07) is 6.49. The molecule has 7 heteroatoms. The van der Waals surface area contributed by atoms with E-state index in [-0.39, 0.29) is 30.2 Å². The molecule has 3 rings (SSSR count). The Morgan fingerprint density at radius 3 is 2.76 bits per heavy atom. The molecule has 136 valence electrons. The van der Waals surface area contributed by atoms with Crippen molar-refractivity contribution in [1.29, 1.82) is 0 Å². The van der Waals surface area contributed by atoms with Crippen LogP contribution in [0.5, 0.6) is 0 Å². The fourth-order valence-electron chi connectivity index (χ4n) is 3.54. The molecule has 1 atom stereocenters. The molecule has 1 N–H and O–H groups in total. The van der Waals surface area contributed by atoms with Gasteiger partial charge in [-0.25, -0.2) is 8.42 Å². The van der Waals surface area contributed by atoms with Crippen LogP contribution in [0.1, 0.15) is 50.1 Å². The summed E-state index contributed by atoms with van der Waals surface area (Å²) in [6.45, 7) is 0.659. The molecule has 0 radical (unpaired) electrons. The van der Waals surface area contributed by atoms with E-state index in [1.807, 2.05) is 0 Å². The molecule has 0 aromatic heterocycles. The first kappa shape index (κ1) is 17.9. The van der Waals surface area contributed by atoms with Crippen molar-refractivity contribution >= 4 is 21.7 Å². The molecule has 2 aliphatic rings. The van der Waals surface area contributed by atoms with Gasteiger partial charge < -0.3 is 10.2 Å². The van der Waals surface area contributed by atoms with Crippen molar-refractivity contribution in [3.8, 4) is 0 Å². The number of benzene rings is 1. The number of likely N-dealkylation sites (tertiary alicyclic amines) is 1. The summed E-state index contributed by atoms with van der Waals surface area (Å²) >= 11 is 0. The molecule has 0 spiro atoms. The first-order valence-corrected chi connectivity index (χ1v) is 10.5. The summed E-state index contributed by atoms with van der Waals surface area (Å²) in [4.78, 5) is 26.5. The van der Waals surface area contributed by atoms with Crippen molar-refractivity contribution in [3.63, 3.8) is 0 Å². The highest BCUT2D eigenvalue weighted by Gasteiger charge is 2.31. The van der Waals surface area contributed by atoms with Gasteiger partial charge in [-0.05, 0) is 30.9 Å². The summed E-state index contributed by atoms with van der Waals surface area (Å²) in [5, 5.41) is 2.92. The minimum atomic E-state index is -3.27. The Morgan fingerprint density at radius 2 is 1.92 bits per heavy atom. The van der Waals surface area contributed by atoms with E-state index in [0.29, 0.717) is 29.8 Å². The third kappa shape index (κ3) is 4.21. The van der Waals surface area contributed by atoms with E-state index in [0.717, 1.165) is 25.7 Å². The summed E-state index contributed by atoms with van der Waals surface area (Å²) in [5.74, 6) is -0.174.